The van der Waals surface area contributed by atoms with Gasteiger partial charge in [-0.05, 0) is 43.4 Å². The third-order valence-corrected chi connectivity index (χ3v) is 4.49. The molecule has 1 rings (SSSR count). The van der Waals surface area contributed by atoms with Crippen LogP contribution < -0.4 is 11.3 Å². The second-order valence-corrected chi connectivity index (χ2v) is 6.35. The van der Waals surface area contributed by atoms with Crippen LogP contribution in [0.25, 0.3) is 0 Å². The number of rotatable bonds is 11. The Labute approximate surface area is 131 Å². The number of benzene rings is 1. The minimum absolute atomic E-state index is 0.403. The molecule has 120 valence electrons. The van der Waals surface area contributed by atoms with Gasteiger partial charge < -0.3 is 0 Å². The smallest absolute Gasteiger partial charge is 0.0251 e. The Hall–Kier alpha value is -0.860. The first-order valence-corrected chi connectivity index (χ1v) is 8.70. The molecule has 0 aliphatic heterocycles. The Balaban J connectivity index is 2.29. The molecular weight excluding hydrogens is 256 g/mol. The van der Waals surface area contributed by atoms with Crippen molar-refractivity contribution >= 4 is 0 Å². The maximum absolute atomic E-state index is 5.75. The maximum atomic E-state index is 5.75. The van der Waals surface area contributed by atoms with Crippen LogP contribution in [0.1, 0.15) is 75.0 Å². The van der Waals surface area contributed by atoms with Crippen molar-refractivity contribution in [3.63, 3.8) is 0 Å². The van der Waals surface area contributed by atoms with E-state index < -0.39 is 0 Å². The van der Waals surface area contributed by atoms with Crippen LogP contribution in [0.2, 0.25) is 0 Å². The third-order valence-electron chi connectivity index (χ3n) is 4.49. The zero-order chi connectivity index (χ0) is 15.5. The molecule has 0 heterocycles. The predicted octanol–water partition coefficient (Wildman–Crippen LogP) is 4.82. The molecule has 1 aromatic rings. The number of hydrogen-bond acceptors (Lipinski definition) is 2. The van der Waals surface area contributed by atoms with Crippen LogP contribution >= 0.6 is 0 Å². The molecule has 0 bridgehead atoms. The van der Waals surface area contributed by atoms with E-state index in [1.165, 1.54) is 68.1 Å². The minimum Gasteiger partial charge on any atom is -0.271 e. The van der Waals surface area contributed by atoms with E-state index in [9.17, 15) is 0 Å². The lowest BCUT2D eigenvalue weighted by Gasteiger charge is -2.18. The van der Waals surface area contributed by atoms with E-state index >= 15 is 0 Å². The summed E-state index contributed by atoms with van der Waals surface area (Å²) in [6.07, 6.45) is 11.7. The van der Waals surface area contributed by atoms with Gasteiger partial charge in [0, 0.05) is 6.04 Å². The van der Waals surface area contributed by atoms with Crippen LogP contribution in [0, 0.1) is 13.8 Å². The van der Waals surface area contributed by atoms with Crippen molar-refractivity contribution in [1.82, 2.24) is 5.43 Å². The average molecular weight is 290 g/mol. The molecule has 1 aromatic carbocycles. The summed E-state index contributed by atoms with van der Waals surface area (Å²) in [7, 11) is 0. The van der Waals surface area contributed by atoms with Crippen molar-refractivity contribution in [2.75, 3.05) is 0 Å². The number of hydrogen-bond donors (Lipinski definition) is 2. The molecule has 2 nitrogen and oxygen atoms in total. The molecule has 0 aromatic heterocycles. The summed E-state index contributed by atoms with van der Waals surface area (Å²) in [6.45, 7) is 6.67. The zero-order valence-electron chi connectivity index (χ0n) is 14.3. The van der Waals surface area contributed by atoms with Gasteiger partial charge in [0.25, 0.3) is 0 Å². The highest BCUT2D eigenvalue weighted by atomic mass is 15.2. The van der Waals surface area contributed by atoms with Gasteiger partial charge in [0.2, 0.25) is 0 Å². The topological polar surface area (TPSA) is 38.0 Å². The van der Waals surface area contributed by atoms with Gasteiger partial charge in [-0.3, -0.25) is 11.3 Å². The summed E-state index contributed by atoms with van der Waals surface area (Å²) in [5.74, 6) is 5.75. The van der Waals surface area contributed by atoms with Crippen LogP contribution in [0.5, 0.6) is 0 Å². The molecule has 0 aliphatic rings. The number of unbranched alkanes of at least 4 members (excludes halogenated alkanes) is 6. The lowest BCUT2D eigenvalue weighted by molar-refractivity contribution is 0.457. The summed E-state index contributed by atoms with van der Waals surface area (Å²) >= 11 is 0. The number of aryl methyl sites for hydroxylation is 2. The van der Waals surface area contributed by atoms with Gasteiger partial charge in [-0.1, -0.05) is 70.1 Å². The standard InChI is InChI=1S/C19H34N2/c1-4-5-6-7-8-9-10-14-18(21-20)15-19-16(2)12-11-13-17(19)3/h11-13,18,21H,4-10,14-15,20H2,1-3H3. The fraction of sp³-hybridized carbons (Fsp3) is 0.684. The van der Waals surface area contributed by atoms with Crippen molar-refractivity contribution in [3.8, 4) is 0 Å². The molecular formula is C19H34N2. The third kappa shape index (κ3) is 7.10. The van der Waals surface area contributed by atoms with Gasteiger partial charge in [-0.2, -0.15) is 0 Å². The molecule has 1 atom stereocenters. The Morgan fingerprint density at radius 2 is 1.52 bits per heavy atom. The second-order valence-electron chi connectivity index (χ2n) is 6.35. The number of nitrogens with two attached hydrogens (primary N) is 1. The lowest BCUT2D eigenvalue weighted by atomic mass is 9.94. The van der Waals surface area contributed by atoms with Crippen molar-refractivity contribution in [2.45, 2.75) is 84.6 Å². The molecule has 0 amide bonds. The van der Waals surface area contributed by atoms with Crippen molar-refractivity contribution in [3.05, 3.63) is 34.9 Å². The molecule has 3 N–H and O–H groups in total. The first-order chi connectivity index (χ1) is 10.2. The van der Waals surface area contributed by atoms with Gasteiger partial charge in [0.15, 0.2) is 0 Å². The van der Waals surface area contributed by atoms with Gasteiger partial charge in [0.1, 0.15) is 0 Å². The van der Waals surface area contributed by atoms with Gasteiger partial charge in [0.05, 0.1) is 0 Å². The van der Waals surface area contributed by atoms with E-state index in [0.29, 0.717) is 6.04 Å². The first kappa shape index (κ1) is 18.2. The second kappa shape index (κ2) is 10.8. The van der Waals surface area contributed by atoms with Crippen molar-refractivity contribution < 1.29 is 0 Å². The zero-order valence-corrected chi connectivity index (χ0v) is 14.3. The molecule has 2 heteroatoms. The summed E-state index contributed by atoms with van der Waals surface area (Å²) in [5, 5.41) is 0. The lowest BCUT2D eigenvalue weighted by Crippen LogP contribution is -2.37. The Morgan fingerprint density at radius 1 is 0.952 bits per heavy atom. The number of nitrogens with one attached hydrogen (secondary N) is 1. The van der Waals surface area contributed by atoms with E-state index in [4.69, 9.17) is 5.84 Å². The van der Waals surface area contributed by atoms with Crippen molar-refractivity contribution in [2.24, 2.45) is 5.84 Å². The van der Waals surface area contributed by atoms with Crippen LogP contribution in [-0.4, -0.2) is 6.04 Å². The summed E-state index contributed by atoms with van der Waals surface area (Å²) in [6, 6.07) is 6.93. The van der Waals surface area contributed by atoms with Gasteiger partial charge in [-0.25, -0.2) is 0 Å². The first-order valence-electron chi connectivity index (χ1n) is 8.70. The summed E-state index contributed by atoms with van der Waals surface area (Å²) < 4.78 is 0. The SMILES string of the molecule is CCCCCCCCCC(Cc1c(C)cccc1C)NN. The summed E-state index contributed by atoms with van der Waals surface area (Å²) in [5.41, 5.74) is 7.25. The quantitative estimate of drug-likeness (QED) is 0.348. The van der Waals surface area contributed by atoms with Crippen LogP contribution in [0.3, 0.4) is 0 Å². The highest BCUT2D eigenvalue weighted by Gasteiger charge is 2.11. The van der Waals surface area contributed by atoms with Crippen molar-refractivity contribution in [1.29, 1.82) is 0 Å². The maximum Gasteiger partial charge on any atom is 0.0251 e. The van der Waals surface area contributed by atoms with Crippen LogP contribution in [-0.2, 0) is 6.42 Å². The highest BCUT2D eigenvalue weighted by molar-refractivity contribution is 5.34. The normalized spacial score (nSPS) is 12.6. The molecule has 0 spiro atoms. The summed E-state index contributed by atoms with van der Waals surface area (Å²) in [4.78, 5) is 0. The molecule has 0 radical (unpaired) electrons. The van der Waals surface area contributed by atoms with Gasteiger partial charge in [-0.15, -0.1) is 0 Å². The highest BCUT2D eigenvalue weighted by Crippen LogP contribution is 2.18. The fourth-order valence-corrected chi connectivity index (χ4v) is 3.01. The molecule has 0 saturated heterocycles. The minimum atomic E-state index is 0.403. The molecule has 0 saturated carbocycles. The van der Waals surface area contributed by atoms with E-state index in [0.717, 1.165) is 6.42 Å². The van der Waals surface area contributed by atoms with Crippen LogP contribution in [0.15, 0.2) is 18.2 Å². The molecule has 0 aliphatic carbocycles. The predicted molar refractivity (Wildman–Crippen MR) is 93.3 cm³/mol. The number of hydrazine groups is 1. The van der Waals surface area contributed by atoms with Gasteiger partial charge >= 0.3 is 0 Å². The van der Waals surface area contributed by atoms with E-state index in [1.54, 1.807) is 0 Å². The Kier molecular flexibility index (Phi) is 9.36. The van der Waals surface area contributed by atoms with E-state index in [1.807, 2.05) is 0 Å². The van der Waals surface area contributed by atoms with E-state index in [2.05, 4.69) is 44.4 Å². The monoisotopic (exact) mass is 290 g/mol. The Morgan fingerprint density at radius 3 is 2.10 bits per heavy atom. The van der Waals surface area contributed by atoms with Crippen LogP contribution in [0.4, 0.5) is 0 Å². The molecule has 1 unspecified atom stereocenters. The van der Waals surface area contributed by atoms with E-state index in [-0.39, 0.29) is 0 Å². The molecule has 21 heavy (non-hydrogen) atoms. The largest absolute Gasteiger partial charge is 0.271 e. The Bertz CT molecular complexity index is 367. The average Bonchev–Trinajstić information content (AvgIpc) is 2.48. The molecule has 0 fully saturated rings. The fourth-order valence-electron chi connectivity index (χ4n) is 3.01.